The lowest BCUT2D eigenvalue weighted by atomic mass is 10.0. The number of aryl methyl sites for hydroxylation is 2. The molecule has 0 saturated heterocycles. The molecule has 0 aliphatic carbocycles. The van der Waals surface area contributed by atoms with Gasteiger partial charge in [0.1, 0.15) is 23.1 Å². The van der Waals surface area contributed by atoms with Crippen LogP contribution in [0.4, 0.5) is 5.82 Å². The van der Waals surface area contributed by atoms with E-state index in [9.17, 15) is 5.11 Å². The maximum absolute atomic E-state index is 9.90. The third-order valence-electron chi connectivity index (χ3n) is 5.61. The highest BCUT2D eigenvalue weighted by molar-refractivity contribution is 5.83. The van der Waals surface area contributed by atoms with Crippen molar-refractivity contribution >= 4 is 5.82 Å². The molecule has 3 aromatic carbocycles. The molecule has 1 aliphatic heterocycles. The number of nitrogens with zero attached hydrogens (tertiary/aromatic N) is 3. The highest BCUT2D eigenvalue weighted by atomic mass is 16.5. The molecule has 156 valence electrons. The van der Waals surface area contributed by atoms with Gasteiger partial charge in [-0.3, -0.25) is 0 Å². The number of para-hydroxylation sites is 2. The van der Waals surface area contributed by atoms with E-state index in [2.05, 4.69) is 22.6 Å². The van der Waals surface area contributed by atoms with E-state index >= 15 is 0 Å². The summed E-state index contributed by atoms with van der Waals surface area (Å²) in [5, 5.41) is 14.8. The first kappa shape index (κ1) is 19.2. The number of aromatic hydroxyl groups is 1. The van der Waals surface area contributed by atoms with Gasteiger partial charge in [0.2, 0.25) is 0 Å². The fourth-order valence-corrected chi connectivity index (χ4v) is 4.29. The molecule has 4 aromatic rings. The average molecular weight is 412 g/mol. The van der Waals surface area contributed by atoms with Gasteiger partial charge in [-0.1, -0.05) is 48.5 Å². The van der Waals surface area contributed by atoms with E-state index in [1.54, 1.807) is 6.07 Å². The quantitative estimate of drug-likeness (QED) is 0.453. The van der Waals surface area contributed by atoms with Gasteiger partial charge in [-0.2, -0.15) is 5.10 Å². The third kappa shape index (κ3) is 3.87. The van der Waals surface area contributed by atoms with E-state index in [-0.39, 0.29) is 0 Å². The summed E-state index contributed by atoms with van der Waals surface area (Å²) in [6, 6.07) is 25.5. The minimum absolute atomic E-state index is 0.293. The van der Waals surface area contributed by atoms with Crippen LogP contribution in [0.15, 0.2) is 78.9 Å². The van der Waals surface area contributed by atoms with E-state index in [0.717, 1.165) is 59.2 Å². The molecule has 0 unspecified atom stereocenters. The van der Waals surface area contributed by atoms with Crippen molar-refractivity contribution in [3.63, 3.8) is 0 Å². The molecule has 0 saturated carbocycles. The van der Waals surface area contributed by atoms with Crippen LogP contribution < -0.4 is 9.64 Å². The Morgan fingerprint density at radius 1 is 0.935 bits per heavy atom. The summed E-state index contributed by atoms with van der Waals surface area (Å²) in [6.45, 7) is 4.62. The van der Waals surface area contributed by atoms with Gasteiger partial charge in [0.15, 0.2) is 0 Å². The summed E-state index contributed by atoms with van der Waals surface area (Å²) in [4.78, 5) is 2.35. The second-order valence-corrected chi connectivity index (χ2v) is 7.86. The summed E-state index contributed by atoms with van der Waals surface area (Å²) in [5.41, 5.74) is 4.20. The molecular weight excluding hydrogens is 386 g/mol. The van der Waals surface area contributed by atoms with Crippen LogP contribution in [0.2, 0.25) is 0 Å². The Hall–Kier alpha value is -3.73. The van der Waals surface area contributed by atoms with Crippen molar-refractivity contribution in [3.8, 4) is 28.4 Å². The first-order chi connectivity index (χ1) is 15.2. The van der Waals surface area contributed by atoms with Crippen molar-refractivity contribution in [2.24, 2.45) is 0 Å². The van der Waals surface area contributed by atoms with Gasteiger partial charge in [-0.05, 0) is 49.2 Å². The van der Waals surface area contributed by atoms with Gasteiger partial charge in [0, 0.05) is 25.2 Å². The van der Waals surface area contributed by atoms with Gasteiger partial charge in [0.05, 0.1) is 11.3 Å². The Morgan fingerprint density at radius 2 is 1.74 bits per heavy atom. The molecule has 5 nitrogen and oxygen atoms in total. The molecule has 0 radical (unpaired) electrons. The zero-order valence-corrected chi connectivity index (χ0v) is 17.5. The first-order valence-corrected chi connectivity index (χ1v) is 10.6. The Morgan fingerprint density at radius 3 is 2.58 bits per heavy atom. The maximum atomic E-state index is 9.90. The zero-order chi connectivity index (χ0) is 21.2. The maximum Gasteiger partial charge on any atom is 0.135 e. The fraction of sp³-hybridized carbons (Fsp3) is 0.192. The smallest absolute Gasteiger partial charge is 0.135 e. The minimum Gasteiger partial charge on any atom is -0.508 e. The van der Waals surface area contributed by atoms with E-state index < -0.39 is 0 Å². The predicted molar refractivity (Wildman–Crippen MR) is 123 cm³/mol. The lowest BCUT2D eigenvalue weighted by Gasteiger charge is -2.31. The molecule has 0 spiro atoms. The summed E-state index contributed by atoms with van der Waals surface area (Å²) in [5.74, 6) is 3.03. The number of rotatable bonds is 5. The second-order valence-electron chi connectivity index (χ2n) is 7.86. The number of phenols is 1. The SMILES string of the molecule is Cc1nn2c(c1-c1ccccc1Oc1ccccc1)N(Cc1cccc(O)c1)CCC2. The predicted octanol–water partition coefficient (Wildman–Crippen LogP) is 5.77. The number of fused-ring (bicyclic) bond motifs is 1. The van der Waals surface area contributed by atoms with Crippen LogP contribution in [0.1, 0.15) is 17.7 Å². The van der Waals surface area contributed by atoms with Crippen LogP contribution in [0, 0.1) is 6.92 Å². The van der Waals surface area contributed by atoms with Crippen LogP contribution in [-0.4, -0.2) is 21.4 Å². The Balaban J connectivity index is 1.57. The summed E-state index contributed by atoms with van der Waals surface area (Å²) in [6.07, 6.45) is 1.04. The van der Waals surface area contributed by atoms with Crippen molar-refractivity contribution in [2.75, 3.05) is 11.4 Å². The van der Waals surface area contributed by atoms with E-state index in [0.29, 0.717) is 12.3 Å². The van der Waals surface area contributed by atoms with Crippen molar-refractivity contribution in [3.05, 3.63) is 90.1 Å². The van der Waals surface area contributed by atoms with E-state index in [1.807, 2.05) is 66.7 Å². The molecule has 0 fully saturated rings. The van der Waals surface area contributed by atoms with Crippen molar-refractivity contribution < 1.29 is 9.84 Å². The van der Waals surface area contributed by atoms with Crippen molar-refractivity contribution in [1.82, 2.24) is 9.78 Å². The third-order valence-corrected chi connectivity index (χ3v) is 5.61. The average Bonchev–Trinajstić information content (AvgIpc) is 3.12. The lowest BCUT2D eigenvalue weighted by molar-refractivity contribution is 0.473. The minimum atomic E-state index is 0.293. The van der Waals surface area contributed by atoms with Gasteiger partial charge >= 0.3 is 0 Å². The number of benzene rings is 3. The monoisotopic (exact) mass is 411 g/mol. The topological polar surface area (TPSA) is 50.5 Å². The number of aromatic nitrogens is 2. The highest BCUT2D eigenvalue weighted by Gasteiger charge is 2.27. The molecule has 0 amide bonds. The molecule has 5 heteroatoms. The number of hydrogen-bond acceptors (Lipinski definition) is 4. The van der Waals surface area contributed by atoms with Crippen LogP contribution >= 0.6 is 0 Å². The largest absolute Gasteiger partial charge is 0.508 e. The molecule has 1 aliphatic rings. The van der Waals surface area contributed by atoms with Crippen LogP contribution in [0.5, 0.6) is 17.2 Å². The van der Waals surface area contributed by atoms with Crippen LogP contribution in [-0.2, 0) is 13.1 Å². The Labute approximate surface area is 182 Å². The summed E-state index contributed by atoms with van der Waals surface area (Å²) < 4.78 is 8.37. The van der Waals surface area contributed by atoms with Crippen LogP contribution in [0.25, 0.3) is 11.1 Å². The molecule has 1 N–H and O–H groups in total. The molecule has 2 heterocycles. The molecule has 31 heavy (non-hydrogen) atoms. The summed E-state index contributed by atoms with van der Waals surface area (Å²) in [7, 11) is 0. The molecule has 5 rings (SSSR count). The van der Waals surface area contributed by atoms with Gasteiger partial charge in [-0.25, -0.2) is 4.68 Å². The Bertz CT molecular complexity index is 1200. The van der Waals surface area contributed by atoms with Gasteiger partial charge in [0.25, 0.3) is 0 Å². The van der Waals surface area contributed by atoms with Gasteiger partial charge < -0.3 is 14.7 Å². The van der Waals surface area contributed by atoms with Crippen molar-refractivity contribution in [1.29, 1.82) is 0 Å². The number of ether oxygens (including phenoxy) is 1. The molecule has 1 aromatic heterocycles. The highest BCUT2D eigenvalue weighted by Crippen LogP contribution is 2.42. The Kier molecular flexibility index (Phi) is 5.08. The zero-order valence-electron chi connectivity index (χ0n) is 17.5. The van der Waals surface area contributed by atoms with Crippen LogP contribution in [0.3, 0.4) is 0 Å². The number of phenolic OH excluding ortho intramolecular Hbond substituents is 1. The molecular formula is C26H25N3O2. The van der Waals surface area contributed by atoms with Gasteiger partial charge in [-0.15, -0.1) is 0 Å². The normalized spacial score (nSPS) is 13.1. The number of anilines is 1. The van der Waals surface area contributed by atoms with E-state index in [4.69, 9.17) is 9.84 Å². The standard InChI is InChI=1S/C26H25N3O2/c1-19-25(23-13-5-6-14-24(23)31-22-11-3-2-4-12-22)26-28(15-8-16-29(26)27-19)18-20-9-7-10-21(30)17-20/h2-7,9-14,17,30H,8,15-16,18H2,1H3. The van der Waals surface area contributed by atoms with E-state index in [1.165, 1.54) is 0 Å². The molecule has 0 bridgehead atoms. The first-order valence-electron chi connectivity index (χ1n) is 10.6. The molecule has 0 atom stereocenters. The second kappa shape index (κ2) is 8.19. The fourth-order valence-electron chi connectivity index (χ4n) is 4.29. The lowest BCUT2D eigenvalue weighted by Crippen LogP contribution is -2.32. The van der Waals surface area contributed by atoms with Crippen molar-refractivity contribution in [2.45, 2.75) is 26.4 Å². The summed E-state index contributed by atoms with van der Waals surface area (Å²) >= 11 is 0. The number of hydrogen-bond donors (Lipinski definition) is 1.